The third-order valence-electron chi connectivity index (χ3n) is 2.73. The molecule has 102 valence electrons. The van der Waals surface area contributed by atoms with Crippen LogP contribution < -0.4 is 5.32 Å². The van der Waals surface area contributed by atoms with Crippen molar-refractivity contribution in [2.24, 2.45) is 0 Å². The average Bonchev–Trinajstić information content (AvgIpc) is 2.88. The number of rotatable bonds is 8. The van der Waals surface area contributed by atoms with Crippen LogP contribution in [-0.4, -0.2) is 22.7 Å². The first-order chi connectivity index (χ1) is 9.40. The van der Waals surface area contributed by atoms with Gasteiger partial charge in [-0.2, -0.15) is 0 Å². The van der Waals surface area contributed by atoms with Crippen molar-refractivity contribution < 1.29 is 4.74 Å². The highest BCUT2D eigenvalue weighted by atomic mass is 32.1. The Labute approximate surface area is 118 Å². The molecule has 1 heterocycles. The third-order valence-corrected chi connectivity index (χ3v) is 3.45. The van der Waals surface area contributed by atoms with Gasteiger partial charge in [-0.3, -0.25) is 0 Å². The van der Waals surface area contributed by atoms with E-state index >= 15 is 0 Å². The number of anilines is 1. The Balaban J connectivity index is 1.65. The van der Waals surface area contributed by atoms with Crippen molar-refractivity contribution in [3.63, 3.8) is 0 Å². The summed E-state index contributed by atoms with van der Waals surface area (Å²) < 4.78 is 9.59. The van der Waals surface area contributed by atoms with Crippen LogP contribution in [0.4, 0.5) is 5.00 Å². The molecule has 0 spiro atoms. The Bertz CT molecular complexity index is 473. The first kappa shape index (κ1) is 14.0. The predicted octanol–water partition coefficient (Wildman–Crippen LogP) is 3.12. The molecule has 5 heteroatoms. The monoisotopic (exact) mass is 277 g/mol. The normalized spacial score (nSPS) is 10.6. The molecular formula is C14H19N3OS. The second kappa shape index (κ2) is 7.86. The number of nitrogens with one attached hydrogen (secondary N) is 1. The summed E-state index contributed by atoms with van der Waals surface area (Å²) >= 11 is 1.38. The quantitative estimate of drug-likeness (QED) is 0.753. The van der Waals surface area contributed by atoms with Crippen LogP contribution in [0.5, 0.6) is 0 Å². The zero-order valence-corrected chi connectivity index (χ0v) is 11.9. The van der Waals surface area contributed by atoms with Gasteiger partial charge < -0.3 is 10.1 Å². The first-order valence-corrected chi connectivity index (χ1v) is 7.34. The summed E-state index contributed by atoms with van der Waals surface area (Å²) in [5, 5.41) is 8.33. The van der Waals surface area contributed by atoms with E-state index in [9.17, 15) is 0 Å². The van der Waals surface area contributed by atoms with E-state index in [0.717, 1.165) is 36.7 Å². The lowest BCUT2D eigenvalue weighted by atomic mass is 10.1. The molecule has 0 bridgehead atoms. The van der Waals surface area contributed by atoms with Crippen molar-refractivity contribution in [2.45, 2.75) is 26.4 Å². The molecule has 0 amide bonds. The molecule has 1 aromatic heterocycles. The zero-order chi connectivity index (χ0) is 13.3. The van der Waals surface area contributed by atoms with Gasteiger partial charge in [0.05, 0.1) is 6.61 Å². The number of benzene rings is 1. The van der Waals surface area contributed by atoms with E-state index in [0.29, 0.717) is 6.61 Å². The minimum Gasteiger partial charge on any atom is -0.375 e. The van der Waals surface area contributed by atoms with Gasteiger partial charge >= 0.3 is 0 Å². The highest BCUT2D eigenvalue weighted by Crippen LogP contribution is 2.18. The molecule has 0 fully saturated rings. The van der Waals surface area contributed by atoms with Crippen LogP contribution in [0.3, 0.4) is 0 Å². The smallest absolute Gasteiger partial charge is 0.135 e. The van der Waals surface area contributed by atoms with Crippen molar-refractivity contribution in [3.8, 4) is 0 Å². The fourth-order valence-electron chi connectivity index (χ4n) is 1.79. The van der Waals surface area contributed by atoms with E-state index in [1.165, 1.54) is 17.1 Å². The van der Waals surface area contributed by atoms with Gasteiger partial charge in [0.1, 0.15) is 10.7 Å². The second-order valence-electron chi connectivity index (χ2n) is 4.22. The largest absolute Gasteiger partial charge is 0.375 e. The number of ether oxygens (including phenoxy) is 1. The molecule has 4 nitrogen and oxygen atoms in total. The Morgan fingerprint density at radius 3 is 2.89 bits per heavy atom. The van der Waals surface area contributed by atoms with Crippen molar-refractivity contribution in [1.82, 2.24) is 9.59 Å². The maximum Gasteiger partial charge on any atom is 0.135 e. The molecule has 0 aliphatic heterocycles. The Morgan fingerprint density at radius 1 is 1.26 bits per heavy atom. The van der Waals surface area contributed by atoms with E-state index in [1.807, 2.05) is 6.07 Å². The van der Waals surface area contributed by atoms with Gasteiger partial charge in [0, 0.05) is 24.7 Å². The summed E-state index contributed by atoms with van der Waals surface area (Å²) in [7, 11) is 0. The third kappa shape index (κ3) is 4.61. The van der Waals surface area contributed by atoms with Crippen molar-refractivity contribution in [1.29, 1.82) is 0 Å². The van der Waals surface area contributed by atoms with Gasteiger partial charge in [0.25, 0.3) is 0 Å². The molecular weight excluding hydrogens is 258 g/mol. The lowest BCUT2D eigenvalue weighted by Gasteiger charge is -2.04. The number of aryl methyl sites for hydroxylation is 1. The maximum atomic E-state index is 5.65. The van der Waals surface area contributed by atoms with Gasteiger partial charge in [-0.1, -0.05) is 34.8 Å². The number of aromatic nitrogens is 2. The van der Waals surface area contributed by atoms with Gasteiger partial charge in [0.15, 0.2) is 0 Å². The summed E-state index contributed by atoms with van der Waals surface area (Å²) in [5.74, 6) is 0. The van der Waals surface area contributed by atoms with Crippen LogP contribution in [0, 0.1) is 0 Å². The SMILES string of the molecule is CCNc1snnc1COCCCc1ccccc1. The molecule has 2 aromatic rings. The Morgan fingerprint density at radius 2 is 2.11 bits per heavy atom. The predicted molar refractivity (Wildman–Crippen MR) is 78.5 cm³/mol. The van der Waals surface area contributed by atoms with E-state index in [-0.39, 0.29) is 0 Å². The molecule has 0 atom stereocenters. The van der Waals surface area contributed by atoms with Crippen LogP contribution in [0.1, 0.15) is 24.6 Å². The molecule has 0 aliphatic rings. The second-order valence-corrected chi connectivity index (χ2v) is 4.97. The van der Waals surface area contributed by atoms with Crippen LogP contribution in [0.15, 0.2) is 30.3 Å². The average molecular weight is 277 g/mol. The highest BCUT2D eigenvalue weighted by Gasteiger charge is 2.06. The van der Waals surface area contributed by atoms with Gasteiger partial charge in [0.2, 0.25) is 0 Å². The fourth-order valence-corrected chi connectivity index (χ4v) is 2.42. The van der Waals surface area contributed by atoms with E-state index < -0.39 is 0 Å². The molecule has 1 N–H and O–H groups in total. The minimum absolute atomic E-state index is 0.535. The molecule has 0 aliphatic carbocycles. The maximum absolute atomic E-state index is 5.65. The molecule has 19 heavy (non-hydrogen) atoms. The molecule has 2 rings (SSSR count). The summed E-state index contributed by atoms with van der Waals surface area (Å²) in [5.41, 5.74) is 2.27. The van der Waals surface area contributed by atoms with E-state index in [1.54, 1.807) is 0 Å². The highest BCUT2D eigenvalue weighted by molar-refractivity contribution is 7.10. The summed E-state index contributed by atoms with van der Waals surface area (Å²) in [6.45, 7) is 4.22. The summed E-state index contributed by atoms with van der Waals surface area (Å²) in [4.78, 5) is 0. The molecule has 0 radical (unpaired) electrons. The van der Waals surface area contributed by atoms with Crippen molar-refractivity contribution in [2.75, 3.05) is 18.5 Å². The van der Waals surface area contributed by atoms with Crippen LogP contribution in [-0.2, 0) is 17.8 Å². The minimum atomic E-state index is 0.535. The topological polar surface area (TPSA) is 47.0 Å². The molecule has 0 saturated heterocycles. The number of hydrogen-bond donors (Lipinski definition) is 1. The van der Waals surface area contributed by atoms with E-state index in [2.05, 4.69) is 46.1 Å². The Hall–Kier alpha value is -1.46. The summed E-state index contributed by atoms with van der Waals surface area (Å²) in [6, 6.07) is 10.5. The zero-order valence-electron chi connectivity index (χ0n) is 11.1. The lowest BCUT2D eigenvalue weighted by Crippen LogP contribution is -2.02. The van der Waals surface area contributed by atoms with Gasteiger partial charge in [-0.05, 0) is 25.3 Å². The lowest BCUT2D eigenvalue weighted by molar-refractivity contribution is 0.116. The number of nitrogens with zero attached hydrogens (tertiary/aromatic N) is 2. The van der Waals surface area contributed by atoms with Gasteiger partial charge in [-0.25, -0.2) is 0 Å². The summed E-state index contributed by atoms with van der Waals surface area (Å²) in [6.07, 6.45) is 2.08. The van der Waals surface area contributed by atoms with E-state index in [4.69, 9.17) is 4.74 Å². The molecule has 0 saturated carbocycles. The fraction of sp³-hybridized carbons (Fsp3) is 0.429. The van der Waals surface area contributed by atoms with Gasteiger partial charge in [-0.15, -0.1) is 5.10 Å². The van der Waals surface area contributed by atoms with Crippen molar-refractivity contribution >= 4 is 16.5 Å². The van der Waals surface area contributed by atoms with Crippen LogP contribution in [0.2, 0.25) is 0 Å². The van der Waals surface area contributed by atoms with Crippen LogP contribution >= 0.6 is 11.5 Å². The van der Waals surface area contributed by atoms with Crippen LogP contribution in [0.25, 0.3) is 0 Å². The first-order valence-electron chi connectivity index (χ1n) is 6.57. The standard InChI is InChI=1S/C14H19N3OS/c1-2-15-14-13(16-17-19-14)11-18-10-6-9-12-7-4-3-5-8-12/h3-5,7-8,15H,2,6,9-11H2,1H3. The number of hydrogen-bond acceptors (Lipinski definition) is 5. The molecule has 0 unspecified atom stereocenters. The van der Waals surface area contributed by atoms with Crippen molar-refractivity contribution in [3.05, 3.63) is 41.6 Å². The molecule has 1 aromatic carbocycles. The Kier molecular flexibility index (Phi) is 5.78.